The molecule has 0 aliphatic heterocycles. The molecule has 1 aromatic carbocycles. The molecule has 0 spiro atoms. The van der Waals surface area contributed by atoms with Crippen molar-refractivity contribution in [2.75, 3.05) is 6.66 Å². The second-order valence-electron chi connectivity index (χ2n) is 1.34. The van der Waals surface area contributed by atoms with E-state index in [4.69, 9.17) is 0 Å². The normalized spacial score (nSPS) is 7.44. The molecule has 9 heavy (non-hydrogen) atoms. The lowest BCUT2D eigenvalue weighted by Gasteiger charge is -1.81. The third-order valence-electron chi connectivity index (χ3n) is 0.756. The van der Waals surface area contributed by atoms with Gasteiger partial charge in [0, 0.05) is 4.90 Å². The maximum atomic E-state index is 4.08. The molecule has 0 bridgehead atoms. The zero-order valence-corrected chi connectivity index (χ0v) is 7.46. The SMILES string of the molecule is CP.Sc1ccccc1. The van der Waals surface area contributed by atoms with Crippen molar-refractivity contribution in [2.24, 2.45) is 0 Å². The quantitative estimate of drug-likeness (QED) is 0.435. The first kappa shape index (κ1) is 9.00. The molecule has 1 unspecified atom stereocenters. The fraction of sp³-hybridized carbons (Fsp3) is 0.143. The van der Waals surface area contributed by atoms with Gasteiger partial charge in [-0.15, -0.1) is 21.9 Å². The predicted octanol–water partition coefficient (Wildman–Crippen LogP) is 2.47. The molecule has 0 amide bonds. The highest BCUT2D eigenvalue weighted by atomic mass is 32.1. The summed E-state index contributed by atoms with van der Waals surface area (Å²) in [5, 5.41) is 0. The molecule has 1 atom stereocenters. The number of hydrogen-bond acceptors (Lipinski definition) is 1. The largest absolute Gasteiger partial charge is 0.143 e. The molecule has 0 saturated heterocycles. The van der Waals surface area contributed by atoms with Crippen LogP contribution in [-0.2, 0) is 0 Å². The number of thiol groups is 1. The summed E-state index contributed by atoms with van der Waals surface area (Å²) in [7, 11) is 2.42. The van der Waals surface area contributed by atoms with Gasteiger partial charge < -0.3 is 0 Å². The topological polar surface area (TPSA) is 0 Å². The number of hydrogen-bond donors (Lipinski definition) is 1. The molecule has 0 heterocycles. The molecule has 2 heteroatoms. The molecule has 0 aliphatic rings. The fourth-order valence-corrected chi connectivity index (χ4v) is 0.600. The number of rotatable bonds is 0. The fourth-order valence-electron chi connectivity index (χ4n) is 0.428. The molecule has 1 aromatic rings. The van der Waals surface area contributed by atoms with Crippen LogP contribution in [0.25, 0.3) is 0 Å². The summed E-state index contributed by atoms with van der Waals surface area (Å²) in [4.78, 5) is 1.02. The highest BCUT2D eigenvalue weighted by molar-refractivity contribution is 7.80. The Morgan fingerprint density at radius 1 is 1.11 bits per heavy atom. The van der Waals surface area contributed by atoms with Gasteiger partial charge in [0.25, 0.3) is 0 Å². The van der Waals surface area contributed by atoms with Crippen molar-refractivity contribution >= 4 is 21.9 Å². The lowest BCUT2D eigenvalue weighted by atomic mass is 10.4. The van der Waals surface area contributed by atoms with Crippen molar-refractivity contribution < 1.29 is 0 Å². The lowest BCUT2D eigenvalue weighted by Crippen LogP contribution is -1.56. The highest BCUT2D eigenvalue weighted by Crippen LogP contribution is 2.00. The van der Waals surface area contributed by atoms with Crippen LogP contribution >= 0.6 is 21.9 Å². The van der Waals surface area contributed by atoms with Crippen LogP contribution in [-0.4, -0.2) is 6.66 Å². The molecule has 0 fully saturated rings. The Hall–Kier alpha value is 0. The van der Waals surface area contributed by atoms with Crippen LogP contribution in [0.5, 0.6) is 0 Å². The zero-order chi connectivity index (χ0) is 7.11. The second kappa shape index (κ2) is 6.12. The molecule has 0 aliphatic carbocycles. The Kier molecular flexibility index (Phi) is 6.12. The summed E-state index contributed by atoms with van der Waals surface area (Å²) in [5.41, 5.74) is 0. The Bertz CT molecular complexity index is 139. The maximum Gasteiger partial charge on any atom is 0.00399 e. The van der Waals surface area contributed by atoms with E-state index in [1.807, 2.05) is 37.0 Å². The van der Waals surface area contributed by atoms with Crippen LogP contribution in [0, 0.1) is 0 Å². The minimum atomic E-state index is 1.02. The zero-order valence-electron chi connectivity index (χ0n) is 5.41. The van der Waals surface area contributed by atoms with Gasteiger partial charge in [-0.25, -0.2) is 0 Å². The van der Waals surface area contributed by atoms with Gasteiger partial charge >= 0.3 is 0 Å². The first-order chi connectivity index (χ1) is 4.39. The standard InChI is InChI=1S/C6H6S.CH5P/c7-6-4-2-1-3-5-6;1-2/h1-5,7H;2H2,1H3. The van der Waals surface area contributed by atoms with Crippen molar-refractivity contribution in [1.29, 1.82) is 0 Å². The Morgan fingerprint density at radius 2 is 1.56 bits per heavy atom. The van der Waals surface area contributed by atoms with Crippen molar-refractivity contribution in [3.63, 3.8) is 0 Å². The van der Waals surface area contributed by atoms with Crippen molar-refractivity contribution in [3.05, 3.63) is 30.3 Å². The molecule has 0 saturated carbocycles. The van der Waals surface area contributed by atoms with Crippen LogP contribution < -0.4 is 0 Å². The summed E-state index contributed by atoms with van der Waals surface area (Å²) in [6.07, 6.45) is 0. The molecule has 1 rings (SSSR count). The van der Waals surface area contributed by atoms with Gasteiger partial charge in [0.15, 0.2) is 0 Å². The van der Waals surface area contributed by atoms with Crippen LogP contribution in [0.2, 0.25) is 0 Å². The molecular weight excluding hydrogens is 147 g/mol. The Morgan fingerprint density at radius 3 is 1.78 bits per heavy atom. The average Bonchev–Trinajstić information content (AvgIpc) is 1.94. The molecule has 0 aromatic heterocycles. The van der Waals surface area contributed by atoms with E-state index < -0.39 is 0 Å². The van der Waals surface area contributed by atoms with Gasteiger partial charge in [0.2, 0.25) is 0 Å². The molecule has 0 nitrogen and oxygen atoms in total. The van der Waals surface area contributed by atoms with Crippen molar-refractivity contribution in [2.45, 2.75) is 4.90 Å². The average molecular weight is 158 g/mol. The van der Waals surface area contributed by atoms with E-state index in [0.717, 1.165) is 4.90 Å². The molecule has 0 N–H and O–H groups in total. The first-order valence-electron chi connectivity index (χ1n) is 2.71. The Labute approximate surface area is 64.3 Å². The van der Waals surface area contributed by atoms with E-state index in [9.17, 15) is 0 Å². The Balaban J connectivity index is 0.000000291. The van der Waals surface area contributed by atoms with Gasteiger partial charge in [-0.05, 0) is 12.1 Å². The van der Waals surface area contributed by atoms with E-state index in [2.05, 4.69) is 21.9 Å². The lowest BCUT2D eigenvalue weighted by molar-refractivity contribution is 1.48. The molecule has 50 valence electrons. The summed E-state index contributed by atoms with van der Waals surface area (Å²) in [5.74, 6) is 0. The minimum absolute atomic E-state index is 1.02. The molecular formula is C7H11PS. The van der Waals surface area contributed by atoms with E-state index in [1.165, 1.54) is 0 Å². The van der Waals surface area contributed by atoms with Crippen molar-refractivity contribution in [3.8, 4) is 0 Å². The molecule has 0 radical (unpaired) electrons. The smallest absolute Gasteiger partial charge is 0.00399 e. The third-order valence-corrected chi connectivity index (χ3v) is 1.05. The van der Waals surface area contributed by atoms with E-state index in [0.29, 0.717) is 0 Å². The number of benzene rings is 1. The third kappa shape index (κ3) is 4.50. The van der Waals surface area contributed by atoms with E-state index in [1.54, 1.807) is 0 Å². The second-order valence-corrected chi connectivity index (χ2v) is 1.85. The summed E-state index contributed by atoms with van der Waals surface area (Å²) < 4.78 is 0. The van der Waals surface area contributed by atoms with Crippen LogP contribution in [0.1, 0.15) is 0 Å². The predicted molar refractivity (Wildman–Crippen MR) is 49.3 cm³/mol. The highest BCUT2D eigenvalue weighted by Gasteiger charge is 1.73. The summed E-state index contributed by atoms with van der Waals surface area (Å²) >= 11 is 4.08. The van der Waals surface area contributed by atoms with Gasteiger partial charge in [-0.1, -0.05) is 24.9 Å². The van der Waals surface area contributed by atoms with Gasteiger partial charge in [0.1, 0.15) is 0 Å². The monoisotopic (exact) mass is 158 g/mol. The van der Waals surface area contributed by atoms with Gasteiger partial charge in [0.05, 0.1) is 0 Å². The van der Waals surface area contributed by atoms with Crippen molar-refractivity contribution in [1.82, 2.24) is 0 Å². The van der Waals surface area contributed by atoms with Gasteiger partial charge in [-0.3, -0.25) is 0 Å². The minimum Gasteiger partial charge on any atom is -0.143 e. The summed E-state index contributed by atoms with van der Waals surface area (Å²) in [6, 6.07) is 9.79. The van der Waals surface area contributed by atoms with Crippen LogP contribution in [0.4, 0.5) is 0 Å². The van der Waals surface area contributed by atoms with Crippen LogP contribution in [0.15, 0.2) is 35.2 Å². The van der Waals surface area contributed by atoms with E-state index in [-0.39, 0.29) is 0 Å². The summed E-state index contributed by atoms with van der Waals surface area (Å²) in [6.45, 7) is 1.92. The van der Waals surface area contributed by atoms with E-state index >= 15 is 0 Å². The van der Waals surface area contributed by atoms with Gasteiger partial charge in [-0.2, -0.15) is 0 Å². The maximum absolute atomic E-state index is 4.08. The van der Waals surface area contributed by atoms with Crippen LogP contribution in [0.3, 0.4) is 0 Å². The first-order valence-corrected chi connectivity index (χ1v) is 4.31.